The molecule has 0 unspecified atom stereocenters. The van der Waals surface area contributed by atoms with Crippen LogP contribution in [0.15, 0.2) is 41.6 Å². The van der Waals surface area contributed by atoms with Gasteiger partial charge in [-0.1, -0.05) is 23.9 Å². The van der Waals surface area contributed by atoms with Gasteiger partial charge in [-0.15, -0.1) is 0 Å². The number of benzene rings is 2. The lowest BCUT2D eigenvalue weighted by Gasteiger charge is -2.12. The number of fused-ring (bicyclic) bond motifs is 1. The van der Waals surface area contributed by atoms with Crippen molar-refractivity contribution in [1.29, 1.82) is 0 Å². The number of carbonyl (C=O) groups is 1. The van der Waals surface area contributed by atoms with Crippen molar-refractivity contribution in [2.24, 2.45) is 0 Å². The summed E-state index contributed by atoms with van der Waals surface area (Å²) in [5, 5.41) is 0.594. The highest BCUT2D eigenvalue weighted by molar-refractivity contribution is 7.98. The smallest absolute Gasteiger partial charge is 0.268 e. The van der Waals surface area contributed by atoms with Crippen LogP contribution in [0.4, 0.5) is 0 Å². The van der Waals surface area contributed by atoms with Crippen molar-refractivity contribution in [3.8, 4) is 17.2 Å². The first kappa shape index (κ1) is 19.1. The number of imidazole rings is 1. The Bertz CT molecular complexity index is 968. The molecule has 0 aliphatic rings. The Labute approximate surface area is 162 Å². The SMILES string of the molecule is CCOc1cc2nc(SC)n(C(=O)c3ccccc3OC)c2cc1OCC. The Morgan fingerprint density at radius 1 is 1.07 bits per heavy atom. The molecule has 0 amide bonds. The first-order chi connectivity index (χ1) is 13.1. The van der Waals surface area contributed by atoms with Gasteiger partial charge in [-0.25, -0.2) is 4.98 Å². The molecule has 2 aromatic carbocycles. The summed E-state index contributed by atoms with van der Waals surface area (Å²) < 4.78 is 18.3. The summed E-state index contributed by atoms with van der Waals surface area (Å²) in [7, 11) is 1.55. The number of hydrogen-bond donors (Lipinski definition) is 0. The molecular formula is C20H22N2O4S. The molecule has 0 radical (unpaired) electrons. The predicted octanol–water partition coefficient (Wildman–Crippen LogP) is 4.25. The number of methoxy groups -OCH3 is 1. The molecule has 0 fully saturated rings. The van der Waals surface area contributed by atoms with Crippen molar-refractivity contribution in [2.75, 3.05) is 26.6 Å². The minimum Gasteiger partial charge on any atom is -0.496 e. The number of hydrogen-bond acceptors (Lipinski definition) is 6. The highest BCUT2D eigenvalue weighted by Gasteiger charge is 2.22. The molecule has 3 rings (SSSR count). The van der Waals surface area contributed by atoms with Gasteiger partial charge in [0, 0.05) is 12.1 Å². The predicted molar refractivity (Wildman–Crippen MR) is 107 cm³/mol. The van der Waals surface area contributed by atoms with Gasteiger partial charge >= 0.3 is 0 Å². The van der Waals surface area contributed by atoms with Gasteiger partial charge in [-0.2, -0.15) is 0 Å². The van der Waals surface area contributed by atoms with Crippen LogP contribution in [-0.4, -0.2) is 42.0 Å². The second-order valence-electron chi connectivity index (χ2n) is 5.59. The summed E-state index contributed by atoms with van der Waals surface area (Å²) in [6.07, 6.45) is 1.89. The number of rotatable bonds is 7. The monoisotopic (exact) mass is 386 g/mol. The van der Waals surface area contributed by atoms with Gasteiger partial charge in [0.25, 0.3) is 5.91 Å². The molecule has 0 spiro atoms. The fourth-order valence-electron chi connectivity index (χ4n) is 2.87. The molecule has 0 N–H and O–H groups in total. The molecule has 142 valence electrons. The van der Waals surface area contributed by atoms with E-state index in [1.165, 1.54) is 11.8 Å². The molecule has 0 aliphatic carbocycles. The third-order valence-corrected chi connectivity index (χ3v) is 4.65. The zero-order valence-electron chi connectivity index (χ0n) is 15.8. The summed E-state index contributed by atoms with van der Waals surface area (Å²) in [5.74, 6) is 1.53. The first-order valence-electron chi connectivity index (χ1n) is 8.68. The molecule has 0 aliphatic heterocycles. The lowest BCUT2D eigenvalue weighted by Crippen LogP contribution is -2.14. The fraction of sp³-hybridized carbons (Fsp3) is 0.300. The van der Waals surface area contributed by atoms with E-state index < -0.39 is 0 Å². The number of nitrogens with zero attached hydrogens (tertiary/aromatic N) is 2. The van der Waals surface area contributed by atoms with E-state index in [0.717, 1.165) is 0 Å². The van der Waals surface area contributed by atoms with Crippen molar-refractivity contribution in [1.82, 2.24) is 9.55 Å². The number of para-hydroxylation sites is 1. The molecule has 0 saturated carbocycles. The molecular weight excluding hydrogens is 364 g/mol. The fourth-order valence-corrected chi connectivity index (χ4v) is 3.43. The van der Waals surface area contributed by atoms with Crippen LogP contribution < -0.4 is 14.2 Å². The average molecular weight is 386 g/mol. The van der Waals surface area contributed by atoms with E-state index in [2.05, 4.69) is 4.98 Å². The van der Waals surface area contributed by atoms with Crippen LogP contribution in [0.1, 0.15) is 24.2 Å². The van der Waals surface area contributed by atoms with Crippen LogP contribution in [0.25, 0.3) is 11.0 Å². The minimum atomic E-state index is -0.203. The standard InChI is InChI=1S/C20H22N2O4S/c1-5-25-17-11-14-15(12-18(17)26-6-2)22(20(21-14)27-4)19(23)13-9-7-8-10-16(13)24-3/h7-12H,5-6H2,1-4H3. The lowest BCUT2D eigenvalue weighted by molar-refractivity contribution is 0.0952. The maximum atomic E-state index is 13.3. The Kier molecular flexibility index (Phi) is 5.91. The summed E-state index contributed by atoms with van der Waals surface area (Å²) in [4.78, 5) is 17.9. The molecule has 3 aromatic rings. The zero-order chi connectivity index (χ0) is 19.4. The van der Waals surface area contributed by atoms with Crippen molar-refractivity contribution in [3.05, 3.63) is 42.0 Å². The molecule has 6 nitrogen and oxygen atoms in total. The van der Waals surface area contributed by atoms with Gasteiger partial charge < -0.3 is 14.2 Å². The van der Waals surface area contributed by atoms with Gasteiger partial charge in [0.05, 0.1) is 36.9 Å². The van der Waals surface area contributed by atoms with Gasteiger partial charge in [-0.05, 0) is 32.2 Å². The first-order valence-corrected chi connectivity index (χ1v) is 9.90. The highest BCUT2D eigenvalue weighted by atomic mass is 32.2. The number of ether oxygens (including phenoxy) is 3. The summed E-state index contributed by atoms with van der Waals surface area (Å²) in [6.45, 7) is 4.83. The Morgan fingerprint density at radius 3 is 2.37 bits per heavy atom. The van der Waals surface area contributed by atoms with E-state index in [4.69, 9.17) is 14.2 Å². The normalized spacial score (nSPS) is 10.8. The molecule has 0 atom stereocenters. The van der Waals surface area contributed by atoms with E-state index in [1.54, 1.807) is 23.8 Å². The number of aromatic nitrogens is 2. The summed E-state index contributed by atoms with van der Waals surface area (Å²) in [6, 6.07) is 10.8. The Morgan fingerprint density at radius 2 is 1.74 bits per heavy atom. The number of thioether (sulfide) groups is 1. The third kappa shape index (κ3) is 3.60. The topological polar surface area (TPSA) is 62.6 Å². The summed E-state index contributed by atoms with van der Waals surface area (Å²) in [5.41, 5.74) is 1.82. The van der Waals surface area contributed by atoms with E-state index in [-0.39, 0.29) is 5.91 Å². The van der Waals surface area contributed by atoms with E-state index in [1.807, 2.05) is 44.4 Å². The average Bonchev–Trinajstić information content (AvgIpc) is 3.05. The minimum absolute atomic E-state index is 0.203. The van der Waals surface area contributed by atoms with Crippen molar-refractivity contribution < 1.29 is 19.0 Å². The third-order valence-electron chi connectivity index (χ3n) is 4.01. The second kappa shape index (κ2) is 8.35. The Hall–Kier alpha value is -2.67. The molecule has 7 heteroatoms. The van der Waals surface area contributed by atoms with Crippen LogP contribution in [0.2, 0.25) is 0 Å². The van der Waals surface area contributed by atoms with Crippen LogP contribution in [0.5, 0.6) is 17.2 Å². The molecule has 0 saturated heterocycles. The van der Waals surface area contributed by atoms with Crippen LogP contribution in [0.3, 0.4) is 0 Å². The van der Waals surface area contributed by atoms with Gasteiger partial charge in [0.15, 0.2) is 16.7 Å². The molecule has 27 heavy (non-hydrogen) atoms. The molecule has 1 heterocycles. The van der Waals surface area contributed by atoms with Gasteiger partial charge in [-0.3, -0.25) is 9.36 Å². The maximum Gasteiger partial charge on any atom is 0.268 e. The van der Waals surface area contributed by atoms with Crippen molar-refractivity contribution in [2.45, 2.75) is 19.0 Å². The van der Waals surface area contributed by atoms with E-state index >= 15 is 0 Å². The quantitative estimate of drug-likeness (QED) is 0.566. The van der Waals surface area contributed by atoms with E-state index in [9.17, 15) is 4.79 Å². The van der Waals surface area contributed by atoms with Gasteiger partial charge in [0.1, 0.15) is 5.75 Å². The van der Waals surface area contributed by atoms with Crippen LogP contribution >= 0.6 is 11.8 Å². The molecule has 0 bridgehead atoms. The van der Waals surface area contributed by atoms with Crippen molar-refractivity contribution in [3.63, 3.8) is 0 Å². The van der Waals surface area contributed by atoms with Gasteiger partial charge in [0.2, 0.25) is 0 Å². The van der Waals surface area contributed by atoms with Crippen molar-refractivity contribution >= 4 is 28.7 Å². The molecule has 1 aromatic heterocycles. The highest BCUT2D eigenvalue weighted by Crippen LogP contribution is 2.35. The maximum absolute atomic E-state index is 13.3. The lowest BCUT2D eigenvalue weighted by atomic mass is 10.2. The summed E-state index contributed by atoms with van der Waals surface area (Å²) >= 11 is 1.40. The number of carbonyl (C=O) groups excluding carboxylic acids is 1. The van der Waals surface area contributed by atoms with E-state index in [0.29, 0.717) is 52.2 Å². The second-order valence-corrected chi connectivity index (χ2v) is 6.37. The van der Waals surface area contributed by atoms with Crippen LogP contribution in [0, 0.1) is 0 Å². The largest absolute Gasteiger partial charge is 0.496 e. The van der Waals surface area contributed by atoms with Crippen LogP contribution in [-0.2, 0) is 0 Å². The zero-order valence-corrected chi connectivity index (χ0v) is 16.6. The Balaban J connectivity index is 2.22.